The molecule has 0 atom stereocenters. The first-order chi connectivity index (χ1) is 9.40. The van der Waals surface area contributed by atoms with Crippen molar-refractivity contribution in [1.82, 2.24) is 0 Å². The Hall–Kier alpha value is -0.740. The van der Waals surface area contributed by atoms with Crippen molar-refractivity contribution in [3.63, 3.8) is 0 Å². The maximum Gasteiger partial charge on any atom is 0.387 e. The molecule has 0 saturated heterocycles. The summed E-state index contributed by atoms with van der Waals surface area (Å²) in [5.41, 5.74) is 0.536. The molecule has 0 aliphatic heterocycles. The van der Waals surface area contributed by atoms with Crippen molar-refractivity contribution in [3.8, 4) is 16.9 Å². The Kier molecular flexibility index (Phi) is 4.97. The van der Waals surface area contributed by atoms with Crippen LogP contribution in [0.15, 0.2) is 30.3 Å². The highest BCUT2D eigenvalue weighted by Gasteiger charge is 2.18. The summed E-state index contributed by atoms with van der Waals surface area (Å²) >= 11 is 24.0. The Morgan fingerprint density at radius 1 is 0.900 bits per heavy atom. The van der Waals surface area contributed by atoms with Crippen molar-refractivity contribution in [2.45, 2.75) is 6.61 Å². The molecule has 0 fully saturated rings. The van der Waals surface area contributed by atoms with Gasteiger partial charge in [-0.05, 0) is 30.3 Å². The van der Waals surface area contributed by atoms with Crippen molar-refractivity contribution in [2.24, 2.45) is 0 Å². The average Bonchev–Trinajstić information content (AvgIpc) is 2.37. The van der Waals surface area contributed by atoms with Crippen LogP contribution in [0.5, 0.6) is 5.75 Å². The van der Waals surface area contributed by atoms with Crippen LogP contribution in [0.4, 0.5) is 8.78 Å². The second-order valence-electron chi connectivity index (χ2n) is 3.74. The van der Waals surface area contributed by atoms with Gasteiger partial charge in [0, 0.05) is 16.1 Å². The van der Waals surface area contributed by atoms with Crippen LogP contribution >= 0.6 is 46.4 Å². The van der Waals surface area contributed by atoms with Crippen LogP contribution in [-0.2, 0) is 0 Å². The van der Waals surface area contributed by atoms with E-state index in [1.807, 2.05) is 0 Å². The van der Waals surface area contributed by atoms with Crippen molar-refractivity contribution in [3.05, 3.63) is 50.4 Å². The standard InChI is InChI=1S/C13H6Cl4F2O/c14-6-1-4-10(20-13(18)19)7(5-6)11-8(15)2-3-9(16)12(11)17/h1-5,13H. The first-order valence-corrected chi connectivity index (χ1v) is 6.79. The lowest BCUT2D eigenvalue weighted by Gasteiger charge is -2.14. The van der Waals surface area contributed by atoms with Crippen LogP contribution in [0.3, 0.4) is 0 Å². The van der Waals surface area contributed by atoms with Gasteiger partial charge < -0.3 is 4.74 Å². The molecule has 0 amide bonds. The van der Waals surface area contributed by atoms with E-state index in [0.29, 0.717) is 10.6 Å². The van der Waals surface area contributed by atoms with Gasteiger partial charge in [0.1, 0.15) is 5.75 Å². The zero-order valence-electron chi connectivity index (χ0n) is 9.64. The Morgan fingerprint density at radius 3 is 2.20 bits per heavy atom. The van der Waals surface area contributed by atoms with Gasteiger partial charge in [-0.25, -0.2) is 0 Å². The highest BCUT2D eigenvalue weighted by Crippen LogP contribution is 2.44. The minimum Gasteiger partial charge on any atom is -0.434 e. The number of ether oxygens (including phenoxy) is 1. The fraction of sp³-hybridized carbons (Fsp3) is 0.0769. The summed E-state index contributed by atoms with van der Waals surface area (Å²) in [4.78, 5) is 0. The third-order valence-electron chi connectivity index (χ3n) is 2.47. The van der Waals surface area contributed by atoms with Gasteiger partial charge in [0.25, 0.3) is 0 Å². The first-order valence-electron chi connectivity index (χ1n) is 5.28. The Balaban J connectivity index is 2.68. The van der Waals surface area contributed by atoms with E-state index in [1.54, 1.807) is 0 Å². The van der Waals surface area contributed by atoms with E-state index in [1.165, 1.54) is 30.3 Å². The Bertz CT molecular complexity index is 647. The normalized spacial score (nSPS) is 10.9. The molecule has 0 aliphatic rings. The van der Waals surface area contributed by atoms with Crippen molar-refractivity contribution < 1.29 is 13.5 Å². The number of rotatable bonds is 3. The summed E-state index contributed by atoms with van der Waals surface area (Å²) in [7, 11) is 0. The van der Waals surface area contributed by atoms with Gasteiger partial charge in [-0.3, -0.25) is 0 Å². The summed E-state index contributed by atoms with van der Waals surface area (Å²) < 4.78 is 29.4. The Labute approximate surface area is 134 Å². The van der Waals surface area contributed by atoms with Crippen LogP contribution in [0.1, 0.15) is 0 Å². The van der Waals surface area contributed by atoms with Gasteiger partial charge in [-0.2, -0.15) is 8.78 Å². The molecule has 2 aromatic carbocycles. The maximum atomic E-state index is 12.4. The van der Waals surface area contributed by atoms with E-state index in [0.717, 1.165) is 0 Å². The molecule has 0 unspecified atom stereocenters. The van der Waals surface area contributed by atoms with Gasteiger partial charge in [0.05, 0.1) is 15.1 Å². The van der Waals surface area contributed by atoms with E-state index < -0.39 is 6.61 Å². The van der Waals surface area contributed by atoms with Gasteiger partial charge >= 0.3 is 6.61 Å². The number of benzene rings is 2. The summed E-state index contributed by atoms with van der Waals surface area (Å²) in [6, 6.07) is 7.20. The number of hydrogen-bond acceptors (Lipinski definition) is 1. The average molecular weight is 358 g/mol. The lowest BCUT2D eigenvalue weighted by Crippen LogP contribution is -2.03. The predicted octanol–water partition coefficient (Wildman–Crippen LogP) is 6.57. The monoisotopic (exact) mass is 356 g/mol. The van der Waals surface area contributed by atoms with E-state index in [9.17, 15) is 8.78 Å². The van der Waals surface area contributed by atoms with Crippen LogP contribution in [0.2, 0.25) is 20.1 Å². The quantitative estimate of drug-likeness (QED) is 0.564. The fourth-order valence-electron chi connectivity index (χ4n) is 1.67. The topological polar surface area (TPSA) is 9.23 Å². The summed E-state index contributed by atoms with van der Waals surface area (Å²) in [6.07, 6.45) is 0. The molecular weight excluding hydrogens is 352 g/mol. The maximum absolute atomic E-state index is 12.4. The smallest absolute Gasteiger partial charge is 0.387 e. The molecule has 0 aromatic heterocycles. The predicted molar refractivity (Wildman–Crippen MR) is 78.5 cm³/mol. The molecule has 0 aliphatic carbocycles. The third-order valence-corrected chi connectivity index (χ3v) is 3.83. The minimum atomic E-state index is -2.98. The highest BCUT2D eigenvalue weighted by atomic mass is 35.5. The van der Waals surface area contributed by atoms with Crippen LogP contribution < -0.4 is 4.74 Å². The molecule has 1 nitrogen and oxygen atoms in total. The summed E-state index contributed by atoms with van der Waals surface area (Å²) in [5, 5.41) is 0.962. The minimum absolute atomic E-state index is 0.0875. The van der Waals surface area contributed by atoms with Crippen LogP contribution in [0.25, 0.3) is 11.1 Å². The molecular formula is C13H6Cl4F2O. The lowest BCUT2D eigenvalue weighted by atomic mass is 10.0. The second kappa shape index (κ2) is 6.35. The lowest BCUT2D eigenvalue weighted by molar-refractivity contribution is -0.0494. The van der Waals surface area contributed by atoms with Crippen molar-refractivity contribution in [2.75, 3.05) is 0 Å². The second-order valence-corrected chi connectivity index (χ2v) is 5.37. The van der Waals surface area contributed by atoms with E-state index >= 15 is 0 Å². The molecule has 2 aromatic rings. The molecule has 0 spiro atoms. The molecule has 7 heteroatoms. The molecule has 0 heterocycles. The molecule has 20 heavy (non-hydrogen) atoms. The van der Waals surface area contributed by atoms with Gasteiger partial charge in [0.2, 0.25) is 0 Å². The van der Waals surface area contributed by atoms with Crippen LogP contribution in [-0.4, -0.2) is 6.61 Å². The molecule has 106 valence electrons. The van der Waals surface area contributed by atoms with E-state index in [-0.39, 0.29) is 26.4 Å². The highest BCUT2D eigenvalue weighted by molar-refractivity contribution is 6.46. The van der Waals surface area contributed by atoms with Gasteiger partial charge in [0.15, 0.2) is 0 Å². The summed E-state index contributed by atoms with van der Waals surface area (Å²) in [6.45, 7) is -2.98. The van der Waals surface area contributed by atoms with Crippen molar-refractivity contribution >= 4 is 46.4 Å². The summed E-state index contributed by atoms with van der Waals surface area (Å²) in [5.74, 6) is -0.0875. The number of hydrogen-bond donors (Lipinski definition) is 0. The largest absolute Gasteiger partial charge is 0.434 e. The van der Waals surface area contributed by atoms with Gasteiger partial charge in [-0.1, -0.05) is 46.4 Å². The zero-order valence-corrected chi connectivity index (χ0v) is 12.7. The fourth-order valence-corrected chi connectivity index (χ4v) is 2.57. The molecule has 0 bridgehead atoms. The molecule has 0 radical (unpaired) electrons. The Morgan fingerprint density at radius 2 is 1.55 bits per heavy atom. The van der Waals surface area contributed by atoms with Crippen molar-refractivity contribution in [1.29, 1.82) is 0 Å². The number of alkyl halides is 2. The number of halogens is 6. The molecule has 2 rings (SSSR count). The first kappa shape index (κ1) is 15.6. The van der Waals surface area contributed by atoms with E-state index in [4.69, 9.17) is 46.4 Å². The SMILES string of the molecule is FC(F)Oc1ccc(Cl)cc1-c1c(Cl)ccc(Cl)c1Cl. The van der Waals surface area contributed by atoms with E-state index in [2.05, 4.69) is 4.74 Å². The molecule has 0 saturated carbocycles. The third kappa shape index (κ3) is 3.29. The zero-order chi connectivity index (χ0) is 14.9. The van der Waals surface area contributed by atoms with Gasteiger partial charge in [-0.15, -0.1) is 0 Å². The molecule has 0 N–H and O–H groups in total. The van der Waals surface area contributed by atoms with Crippen LogP contribution in [0, 0.1) is 0 Å².